The number of Topliss-reactive ketones (excluding diaryl/α,β-unsaturated/α-hetero) is 1. The van der Waals surface area contributed by atoms with Crippen LogP contribution in [0.3, 0.4) is 0 Å². The molecule has 2 rings (SSSR count). The lowest BCUT2D eigenvalue weighted by molar-refractivity contribution is -0.141. The molecule has 1 N–H and O–H groups in total. The van der Waals surface area contributed by atoms with Crippen LogP contribution in [0.2, 0.25) is 5.02 Å². The Morgan fingerprint density at radius 1 is 1.42 bits per heavy atom. The topological polar surface area (TPSA) is 54.4 Å². The summed E-state index contributed by atoms with van der Waals surface area (Å²) < 4.78 is 1.73. The summed E-state index contributed by atoms with van der Waals surface area (Å²) >= 11 is 10.7. The normalized spacial score (nSPS) is 12.6. The number of carbonyl (C=O) groups excluding carboxylic acids is 1. The smallest absolute Gasteiger partial charge is 0.306 e. The molecule has 0 saturated heterocycles. The van der Waals surface area contributed by atoms with Gasteiger partial charge in [0.15, 0.2) is 5.78 Å². The molecule has 0 aliphatic heterocycles. The quantitative estimate of drug-likeness (QED) is 0.809. The Kier molecular flexibility index (Phi) is 4.28. The molecule has 6 heteroatoms. The number of rotatable bonds is 4. The fourth-order valence-corrected chi connectivity index (χ4v) is 3.34. The Labute approximate surface area is 127 Å². The lowest BCUT2D eigenvalue weighted by Gasteiger charge is -2.02. The molecular formula is C13H10BrClO3S. The number of carboxylic acid groups (broad SMARTS) is 1. The number of ketones is 1. The van der Waals surface area contributed by atoms with Gasteiger partial charge in [0.1, 0.15) is 0 Å². The van der Waals surface area contributed by atoms with Gasteiger partial charge in [-0.15, -0.1) is 11.3 Å². The van der Waals surface area contributed by atoms with Crippen LogP contribution in [0.25, 0.3) is 10.1 Å². The molecule has 3 nitrogen and oxygen atoms in total. The molecule has 0 aliphatic carbocycles. The molecule has 1 heterocycles. The van der Waals surface area contributed by atoms with Crippen molar-refractivity contribution in [1.29, 1.82) is 0 Å². The predicted molar refractivity (Wildman–Crippen MR) is 80.3 cm³/mol. The highest BCUT2D eigenvalue weighted by Gasteiger charge is 2.19. The fourth-order valence-electron chi connectivity index (χ4n) is 1.64. The maximum absolute atomic E-state index is 12.0. The van der Waals surface area contributed by atoms with Crippen molar-refractivity contribution in [1.82, 2.24) is 0 Å². The van der Waals surface area contributed by atoms with Crippen molar-refractivity contribution in [2.75, 3.05) is 0 Å². The first-order valence-corrected chi connectivity index (χ1v) is 7.52. The van der Waals surface area contributed by atoms with E-state index in [4.69, 9.17) is 16.7 Å². The van der Waals surface area contributed by atoms with Crippen LogP contribution >= 0.6 is 38.9 Å². The van der Waals surface area contributed by atoms with Gasteiger partial charge in [-0.05, 0) is 39.5 Å². The number of thiophene rings is 1. The standard InChI is InChI=1S/C13H10BrClO3S/c1-6(13(17)18)2-10(16)12-4-7-3-9(15)8(14)5-11(7)19-12/h3-6H,2H2,1H3,(H,17,18)/t6-/m0/s1. The van der Waals surface area contributed by atoms with Gasteiger partial charge in [0, 0.05) is 15.6 Å². The van der Waals surface area contributed by atoms with Crippen molar-refractivity contribution in [2.24, 2.45) is 5.92 Å². The van der Waals surface area contributed by atoms with Crippen LogP contribution in [-0.4, -0.2) is 16.9 Å². The van der Waals surface area contributed by atoms with Gasteiger partial charge < -0.3 is 5.11 Å². The van der Waals surface area contributed by atoms with Crippen molar-refractivity contribution in [2.45, 2.75) is 13.3 Å². The van der Waals surface area contributed by atoms with E-state index in [9.17, 15) is 9.59 Å². The predicted octanol–water partition coefficient (Wildman–Crippen LogP) is 4.61. The lowest BCUT2D eigenvalue weighted by atomic mass is 10.0. The molecule has 0 fully saturated rings. The third kappa shape index (κ3) is 3.16. The van der Waals surface area contributed by atoms with E-state index in [1.165, 1.54) is 18.3 Å². The van der Waals surface area contributed by atoms with E-state index in [2.05, 4.69) is 15.9 Å². The molecule has 0 amide bonds. The van der Waals surface area contributed by atoms with Crippen molar-refractivity contribution in [3.8, 4) is 0 Å². The highest BCUT2D eigenvalue weighted by atomic mass is 79.9. The Morgan fingerprint density at radius 2 is 2.11 bits per heavy atom. The fraction of sp³-hybridized carbons (Fsp3) is 0.231. The van der Waals surface area contributed by atoms with Gasteiger partial charge >= 0.3 is 5.97 Å². The molecule has 19 heavy (non-hydrogen) atoms. The van der Waals surface area contributed by atoms with E-state index >= 15 is 0 Å². The molecule has 0 aliphatic rings. The first-order chi connectivity index (χ1) is 8.88. The number of benzene rings is 1. The van der Waals surface area contributed by atoms with E-state index in [-0.39, 0.29) is 12.2 Å². The summed E-state index contributed by atoms with van der Waals surface area (Å²) in [5, 5.41) is 10.3. The number of fused-ring (bicyclic) bond motifs is 1. The van der Waals surface area contributed by atoms with E-state index < -0.39 is 11.9 Å². The van der Waals surface area contributed by atoms with Gasteiger partial charge in [0.05, 0.1) is 15.8 Å². The van der Waals surface area contributed by atoms with Crippen LogP contribution in [0, 0.1) is 5.92 Å². The summed E-state index contributed by atoms with van der Waals surface area (Å²) in [7, 11) is 0. The number of halogens is 2. The summed E-state index contributed by atoms with van der Waals surface area (Å²) in [6.45, 7) is 1.53. The van der Waals surface area contributed by atoms with E-state index in [1.807, 2.05) is 6.07 Å². The Hall–Kier alpha value is -0.910. The Balaban J connectivity index is 2.31. The molecule has 0 radical (unpaired) electrons. The van der Waals surface area contributed by atoms with Crippen molar-refractivity contribution in [3.63, 3.8) is 0 Å². The Morgan fingerprint density at radius 3 is 2.74 bits per heavy atom. The van der Waals surface area contributed by atoms with Gasteiger partial charge in [0.2, 0.25) is 0 Å². The summed E-state index contributed by atoms with van der Waals surface area (Å²) in [6, 6.07) is 5.41. The lowest BCUT2D eigenvalue weighted by Crippen LogP contribution is -2.13. The second kappa shape index (κ2) is 5.61. The number of carboxylic acids is 1. The zero-order chi connectivity index (χ0) is 14.2. The average Bonchev–Trinajstić information content (AvgIpc) is 2.72. The average molecular weight is 362 g/mol. The third-order valence-electron chi connectivity index (χ3n) is 2.75. The molecular weight excluding hydrogens is 352 g/mol. The van der Waals surface area contributed by atoms with E-state index in [0.717, 1.165) is 14.6 Å². The molecule has 1 aromatic carbocycles. The molecule has 0 bridgehead atoms. The molecule has 2 aromatic rings. The van der Waals surface area contributed by atoms with Crippen molar-refractivity contribution >= 4 is 60.7 Å². The number of hydrogen-bond acceptors (Lipinski definition) is 3. The van der Waals surface area contributed by atoms with Gasteiger partial charge in [-0.3, -0.25) is 9.59 Å². The van der Waals surface area contributed by atoms with Crippen LogP contribution in [0.15, 0.2) is 22.7 Å². The van der Waals surface area contributed by atoms with E-state index in [0.29, 0.717) is 9.90 Å². The van der Waals surface area contributed by atoms with Crippen molar-refractivity contribution < 1.29 is 14.7 Å². The maximum atomic E-state index is 12.0. The van der Waals surface area contributed by atoms with E-state index in [1.54, 1.807) is 12.1 Å². The van der Waals surface area contributed by atoms with Gasteiger partial charge in [-0.25, -0.2) is 0 Å². The highest BCUT2D eigenvalue weighted by Crippen LogP contribution is 2.34. The molecule has 1 aromatic heterocycles. The molecule has 100 valence electrons. The maximum Gasteiger partial charge on any atom is 0.306 e. The van der Waals surface area contributed by atoms with Crippen LogP contribution in [-0.2, 0) is 4.79 Å². The summed E-state index contributed by atoms with van der Waals surface area (Å²) in [6.07, 6.45) is 0.0110. The monoisotopic (exact) mass is 360 g/mol. The summed E-state index contributed by atoms with van der Waals surface area (Å²) in [5.41, 5.74) is 0. The highest BCUT2D eigenvalue weighted by molar-refractivity contribution is 9.10. The number of aliphatic carboxylic acids is 1. The zero-order valence-electron chi connectivity index (χ0n) is 9.94. The summed E-state index contributed by atoms with van der Waals surface area (Å²) in [5.74, 6) is -1.78. The second-order valence-corrected chi connectivity index (χ2v) is 6.63. The second-order valence-electron chi connectivity index (χ2n) is 4.28. The van der Waals surface area contributed by atoms with Crippen LogP contribution < -0.4 is 0 Å². The third-order valence-corrected chi connectivity index (χ3v) is 5.08. The van der Waals surface area contributed by atoms with Crippen LogP contribution in [0.4, 0.5) is 0 Å². The molecule has 0 unspecified atom stereocenters. The molecule has 1 atom stereocenters. The van der Waals surface area contributed by atoms with Gasteiger partial charge in [0.25, 0.3) is 0 Å². The van der Waals surface area contributed by atoms with Crippen molar-refractivity contribution in [3.05, 3.63) is 32.6 Å². The summed E-state index contributed by atoms with van der Waals surface area (Å²) in [4.78, 5) is 23.3. The first kappa shape index (κ1) is 14.5. The minimum Gasteiger partial charge on any atom is -0.481 e. The van der Waals surface area contributed by atoms with Gasteiger partial charge in [-0.2, -0.15) is 0 Å². The largest absolute Gasteiger partial charge is 0.481 e. The molecule has 0 spiro atoms. The minimum absolute atomic E-state index is 0.0110. The van der Waals surface area contributed by atoms with Crippen LogP contribution in [0.5, 0.6) is 0 Å². The van der Waals surface area contributed by atoms with Gasteiger partial charge in [-0.1, -0.05) is 18.5 Å². The van der Waals surface area contributed by atoms with Crippen LogP contribution in [0.1, 0.15) is 23.0 Å². The Bertz CT molecular complexity index is 626. The first-order valence-electron chi connectivity index (χ1n) is 5.53. The molecule has 0 saturated carbocycles. The number of hydrogen-bond donors (Lipinski definition) is 1. The minimum atomic E-state index is -0.958. The number of carbonyl (C=O) groups is 2. The zero-order valence-corrected chi connectivity index (χ0v) is 13.1. The SMILES string of the molecule is C[C@@H](CC(=O)c1cc2cc(Cl)c(Br)cc2s1)C(=O)O.